The van der Waals surface area contributed by atoms with Crippen LogP contribution in [0.5, 0.6) is 0 Å². The smallest absolute Gasteiger partial charge is 0.0677 e. The number of anilines is 1. The number of nitriles is 1. The molecule has 1 unspecified atom stereocenters. The topological polar surface area (TPSA) is 35.8 Å². The second-order valence-electron chi connectivity index (χ2n) is 4.23. The van der Waals surface area contributed by atoms with Gasteiger partial charge in [-0.05, 0) is 17.4 Å². The van der Waals surface area contributed by atoms with Crippen molar-refractivity contribution >= 4 is 16.5 Å². The first-order valence-corrected chi connectivity index (χ1v) is 5.52. The average Bonchev–Trinajstić information content (AvgIpc) is 2.38. The summed E-state index contributed by atoms with van der Waals surface area (Å²) in [5.74, 6) is 0.105. The molecule has 1 atom stereocenters. The highest BCUT2D eigenvalue weighted by molar-refractivity contribution is 5.95. The molecule has 0 saturated heterocycles. The van der Waals surface area contributed by atoms with E-state index in [1.165, 1.54) is 22.0 Å². The maximum atomic E-state index is 8.94. The van der Waals surface area contributed by atoms with E-state index in [1.807, 2.05) is 0 Å². The van der Waals surface area contributed by atoms with Crippen molar-refractivity contribution in [3.05, 3.63) is 42.0 Å². The van der Waals surface area contributed by atoms with Crippen LogP contribution in [0.3, 0.4) is 0 Å². The van der Waals surface area contributed by atoms with Crippen molar-refractivity contribution in [2.45, 2.75) is 6.42 Å². The number of nitrogens with zero attached hydrogens (tertiary/aromatic N) is 1. The van der Waals surface area contributed by atoms with Crippen LogP contribution in [0.1, 0.15) is 5.56 Å². The Kier molecular flexibility index (Phi) is 2.04. The van der Waals surface area contributed by atoms with E-state index in [2.05, 4.69) is 47.8 Å². The van der Waals surface area contributed by atoms with Gasteiger partial charge in [-0.25, -0.2) is 0 Å². The minimum atomic E-state index is 0.105. The summed E-state index contributed by atoms with van der Waals surface area (Å²) in [6, 6.07) is 15.0. The van der Waals surface area contributed by atoms with E-state index in [4.69, 9.17) is 5.26 Å². The van der Waals surface area contributed by atoms with Gasteiger partial charge in [0.25, 0.3) is 0 Å². The van der Waals surface area contributed by atoms with Crippen molar-refractivity contribution in [2.75, 3.05) is 11.9 Å². The molecule has 0 radical (unpaired) electrons. The number of benzene rings is 2. The lowest BCUT2D eigenvalue weighted by Crippen LogP contribution is -2.21. The third-order valence-corrected chi connectivity index (χ3v) is 3.19. The summed E-state index contributed by atoms with van der Waals surface area (Å²) in [5.41, 5.74) is 2.47. The van der Waals surface area contributed by atoms with Gasteiger partial charge in [0.15, 0.2) is 0 Å². The number of fused-ring (bicyclic) bond motifs is 3. The standard InChI is InChI=1S/C14H12N2/c15-8-10-7-12-6-5-11-3-1-2-4-13(11)14(12)16-9-10/h1-6,10,16H,7,9H2. The third kappa shape index (κ3) is 1.33. The Labute approximate surface area is 94.5 Å². The van der Waals surface area contributed by atoms with Crippen molar-refractivity contribution in [1.82, 2.24) is 0 Å². The Morgan fingerprint density at radius 2 is 2.06 bits per heavy atom. The van der Waals surface area contributed by atoms with Crippen LogP contribution in [-0.2, 0) is 6.42 Å². The molecular weight excluding hydrogens is 196 g/mol. The summed E-state index contributed by atoms with van der Waals surface area (Å²) in [6.07, 6.45) is 0.865. The molecule has 2 nitrogen and oxygen atoms in total. The number of nitrogens with one attached hydrogen (secondary N) is 1. The van der Waals surface area contributed by atoms with Crippen LogP contribution in [0.15, 0.2) is 36.4 Å². The van der Waals surface area contributed by atoms with Crippen LogP contribution in [0, 0.1) is 17.2 Å². The normalized spacial score (nSPS) is 18.6. The van der Waals surface area contributed by atoms with Gasteiger partial charge in [-0.1, -0.05) is 36.4 Å². The van der Waals surface area contributed by atoms with Crippen LogP contribution < -0.4 is 5.32 Å². The summed E-state index contributed by atoms with van der Waals surface area (Å²) in [4.78, 5) is 0. The van der Waals surface area contributed by atoms with Crippen molar-refractivity contribution in [3.8, 4) is 6.07 Å². The molecular formula is C14H12N2. The SMILES string of the molecule is N#CC1CNc2c(ccc3ccccc23)C1. The van der Waals surface area contributed by atoms with Gasteiger partial charge in [-0.3, -0.25) is 0 Å². The molecule has 78 valence electrons. The highest BCUT2D eigenvalue weighted by atomic mass is 14.9. The minimum Gasteiger partial charge on any atom is -0.383 e. The summed E-state index contributed by atoms with van der Waals surface area (Å²) >= 11 is 0. The zero-order valence-corrected chi connectivity index (χ0v) is 8.90. The summed E-state index contributed by atoms with van der Waals surface area (Å²) < 4.78 is 0. The largest absolute Gasteiger partial charge is 0.383 e. The van der Waals surface area contributed by atoms with E-state index in [0.29, 0.717) is 0 Å². The van der Waals surface area contributed by atoms with Crippen molar-refractivity contribution in [2.24, 2.45) is 5.92 Å². The maximum absolute atomic E-state index is 8.94. The van der Waals surface area contributed by atoms with Crippen molar-refractivity contribution in [1.29, 1.82) is 5.26 Å². The summed E-state index contributed by atoms with van der Waals surface area (Å²) in [7, 11) is 0. The highest BCUT2D eigenvalue weighted by Crippen LogP contribution is 2.32. The Hall–Kier alpha value is -2.01. The molecule has 1 aliphatic heterocycles. The fourth-order valence-electron chi connectivity index (χ4n) is 2.35. The number of hydrogen-bond acceptors (Lipinski definition) is 2. The molecule has 2 aromatic carbocycles. The Bertz CT molecular complexity index is 581. The maximum Gasteiger partial charge on any atom is 0.0677 e. The van der Waals surface area contributed by atoms with E-state index in [-0.39, 0.29) is 5.92 Å². The molecule has 2 heteroatoms. The lowest BCUT2D eigenvalue weighted by atomic mass is 9.92. The molecule has 1 aliphatic rings. The zero-order chi connectivity index (χ0) is 11.0. The van der Waals surface area contributed by atoms with E-state index in [0.717, 1.165) is 13.0 Å². The summed E-state index contributed by atoms with van der Waals surface area (Å²) in [5, 5.41) is 14.8. The summed E-state index contributed by atoms with van der Waals surface area (Å²) in [6.45, 7) is 0.761. The van der Waals surface area contributed by atoms with Gasteiger partial charge in [0, 0.05) is 17.6 Å². The van der Waals surface area contributed by atoms with E-state index < -0.39 is 0 Å². The van der Waals surface area contributed by atoms with Gasteiger partial charge in [-0.15, -0.1) is 0 Å². The lowest BCUT2D eigenvalue weighted by Gasteiger charge is -2.23. The average molecular weight is 208 g/mol. The second-order valence-corrected chi connectivity index (χ2v) is 4.23. The lowest BCUT2D eigenvalue weighted by molar-refractivity contribution is 0.676. The first-order valence-electron chi connectivity index (χ1n) is 5.52. The second kappa shape index (κ2) is 3.53. The van der Waals surface area contributed by atoms with Crippen LogP contribution in [0.25, 0.3) is 10.8 Å². The van der Waals surface area contributed by atoms with Crippen molar-refractivity contribution in [3.63, 3.8) is 0 Å². The van der Waals surface area contributed by atoms with Gasteiger partial charge in [0.1, 0.15) is 0 Å². The minimum absolute atomic E-state index is 0.105. The molecule has 16 heavy (non-hydrogen) atoms. The molecule has 0 amide bonds. The molecule has 0 saturated carbocycles. The van der Waals surface area contributed by atoms with Crippen LogP contribution in [-0.4, -0.2) is 6.54 Å². The predicted octanol–water partition coefficient (Wildman–Crippen LogP) is 2.95. The molecule has 0 aliphatic carbocycles. The van der Waals surface area contributed by atoms with Crippen LogP contribution >= 0.6 is 0 Å². The first kappa shape index (κ1) is 9.23. The molecule has 0 aromatic heterocycles. The van der Waals surface area contributed by atoms with Gasteiger partial charge in [0.2, 0.25) is 0 Å². The van der Waals surface area contributed by atoms with Gasteiger partial charge in [-0.2, -0.15) is 5.26 Å². The zero-order valence-electron chi connectivity index (χ0n) is 8.90. The third-order valence-electron chi connectivity index (χ3n) is 3.19. The molecule has 0 bridgehead atoms. The fourth-order valence-corrected chi connectivity index (χ4v) is 2.35. The predicted molar refractivity (Wildman–Crippen MR) is 65.2 cm³/mol. The van der Waals surface area contributed by atoms with Crippen molar-refractivity contribution < 1.29 is 0 Å². The number of hydrogen-bond donors (Lipinski definition) is 1. The molecule has 1 N–H and O–H groups in total. The Balaban J connectivity index is 2.19. The van der Waals surface area contributed by atoms with Crippen LogP contribution in [0.2, 0.25) is 0 Å². The molecule has 1 heterocycles. The van der Waals surface area contributed by atoms with Gasteiger partial charge >= 0.3 is 0 Å². The molecule has 0 spiro atoms. The molecule has 2 aromatic rings. The van der Waals surface area contributed by atoms with E-state index in [9.17, 15) is 0 Å². The highest BCUT2D eigenvalue weighted by Gasteiger charge is 2.18. The van der Waals surface area contributed by atoms with Crippen LogP contribution in [0.4, 0.5) is 5.69 Å². The van der Waals surface area contributed by atoms with E-state index in [1.54, 1.807) is 0 Å². The quantitative estimate of drug-likeness (QED) is 0.722. The van der Waals surface area contributed by atoms with Gasteiger partial charge in [0.05, 0.1) is 12.0 Å². The van der Waals surface area contributed by atoms with E-state index >= 15 is 0 Å². The fraction of sp³-hybridized carbons (Fsp3) is 0.214. The Morgan fingerprint density at radius 1 is 1.19 bits per heavy atom. The molecule has 3 rings (SSSR count). The Morgan fingerprint density at radius 3 is 2.94 bits per heavy atom. The first-order chi connectivity index (χ1) is 7.88. The monoisotopic (exact) mass is 208 g/mol. The van der Waals surface area contributed by atoms with Gasteiger partial charge < -0.3 is 5.32 Å². The molecule has 0 fully saturated rings. The number of rotatable bonds is 0.